The second-order valence-corrected chi connectivity index (χ2v) is 5.91. The third kappa shape index (κ3) is 2.61. The summed E-state index contributed by atoms with van der Waals surface area (Å²) in [6.07, 6.45) is 15.2. The maximum Gasteiger partial charge on any atom is 0.0950 e. The standard InChI is InChI=1S/C15H25N3/c1-2-4-8-14(7-3-1)18-12-17-11-15(18)13-6-5-9-16-10-13/h11-14,16H,1-10H2. The summed E-state index contributed by atoms with van der Waals surface area (Å²) in [4.78, 5) is 4.44. The van der Waals surface area contributed by atoms with Gasteiger partial charge in [0.05, 0.1) is 6.33 Å². The number of aromatic nitrogens is 2. The van der Waals surface area contributed by atoms with Crippen molar-refractivity contribution in [2.24, 2.45) is 0 Å². The first-order valence-corrected chi connectivity index (χ1v) is 7.67. The second kappa shape index (κ2) is 5.87. The van der Waals surface area contributed by atoms with Crippen molar-refractivity contribution in [2.75, 3.05) is 13.1 Å². The van der Waals surface area contributed by atoms with Gasteiger partial charge in [0.25, 0.3) is 0 Å². The molecular weight excluding hydrogens is 222 g/mol. The third-order valence-corrected chi connectivity index (χ3v) is 4.63. The van der Waals surface area contributed by atoms with Gasteiger partial charge in [-0.25, -0.2) is 4.98 Å². The average Bonchev–Trinajstić information content (AvgIpc) is 2.75. The summed E-state index contributed by atoms with van der Waals surface area (Å²) in [6.45, 7) is 2.33. The van der Waals surface area contributed by atoms with E-state index in [1.807, 2.05) is 0 Å². The molecule has 1 aliphatic heterocycles. The summed E-state index contributed by atoms with van der Waals surface area (Å²) in [5.74, 6) is 0.685. The predicted octanol–water partition coefficient (Wildman–Crippen LogP) is 3.25. The number of hydrogen-bond acceptors (Lipinski definition) is 2. The molecule has 2 fully saturated rings. The average molecular weight is 247 g/mol. The van der Waals surface area contributed by atoms with E-state index in [-0.39, 0.29) is 0 Å². The molecule has 3 heteroatoms. The lowest BCUT2D eigenvalue weighted by atomic mass is 9.95. The lowest BCUT2D eigenvalue weighted by Gasteiger charge is -2.27. The van der Waals surface area contributed by atoms with Crippen LogP contribution in [0.3, 0.4) is 0 Å². The van der Waals surface area contributed by atoms with Crippen LogP contribution in [0.1, 0.15) is 69.0 Å². The molecule has 1 aromatic rings. The van der Waals surface area contributed by atoms with Gasteiger partial charge in [0.1, 0.15) is 0 Å². The van der Waals surface area contributed by atoms with Crippen LogP contribution in [0.25, 0.3) is 0 Å². The second-order valence-electron chi connectivity index (χ2n) is 5.91. The molecule has 0 bridgehead atoms. The summed E-state index contributed by atoms with van der Waals surface area (Å²) < 4.78 is 2.50. The quantitative estimate of drug-likeness (QED) is 0.813. The van der Waals surface area contributed by atoms with Gasteiger partial charge in [-0.1, -0.05) is 25.7 Å². The molecule has 1 unspecified atom stereocenters. The van der Waals surface area contributed by atoms with Gasteiger partial charge in [-0.05, 0) is 32.2 Å². The Morgan fingerprint density at radius 2 is 1.89 bits per heavy atom. The molecule has 1 saturated carbocycles. The predicted molar refractivity (Wildman–Crippen MR) is 73.8 cm³/mol. The van der Waals surface area contributed by atoms with Crippen LogP contribution in [0.5, 0.6) is 0 Å². The van der Waals surface area contributed by atoms with Crippen molar-refractivity contribution in [1.29, 1.82) is 0 Å². The van der Waals surface area contributed by atoms with E-state index < -0.39 is 0 Å². The number of rotatable bonds is 2. The van der Waals surface area contributed by atoms with Crippen LogP contribution < -0.4 is 5.32 Å². The maximum atomic E-state index is 4.44. The molecule has 1 saturated heterocycles. The van der Waals surface area contributed by atoms with Gasteiger partial charge in [0.15, 0.2) is 0 Å². The number of imidazole rings is 1. The van der Waals surface area contributed by atoms with Crippen LogP contribution in [0.4, 0.5) is 0 Å². The van der Waals surface area contributed by atoms with Gasteiger partial charge in [-0.3, -0.25) is 0 Å². The van der Waals surface area contributed by atoms with E-state index in [1.54, 1.807) is 0 Å². The molecule has 3 rings (SSSR count). The zero-order valence-electron chi connectivity index (χ0n) is 11.3. The van der Waals surface area contributed by atoms with Gasteiger partial charge in [0, 0.05) is 30.4 Å². The van der Waals surface area contributed by atoms with Crippen molar-refractivity contribution in [2.45, 2.75) is 63.3 Å². The molecule has 0 radical (unpaired) electrons. The molecule has 0 aromatic carbocycles. The molecule has 1 atom stereocenters. The van der Waals surface area contributed by atoms with Crippen LogP contribution in [-0.2, 0) is 0 Å². The van der Waals surface area contributed by atoms with Gasteiger partial charge in [0.2, 0.25) is 0 Å². The van der Waals surface area contributed by atoms with Gasteiger partial charge in [-0.15, -0.1) is 0 Å². The van der Waals surface area contributed by atoms with E-state index in [2.05, 4.69) is 27.4 Å². The fourth-order valence-corrected chi connectivity index (χ4v) is 3.58. The van der Waals surface area contributed by atoms with Gasteiger partial charge >= 0.3 is 0 Å². The van der Waals surface area contributed by atoms with Crippen LogP contribution in [0.15, 0.2) is 12.5 Å². The molecule has 18 heavy (non-hydrogen) atoms. The van der Waals surface area contributed by atoms with E-state index >= 15 is 0 Å². The highest BCUT2D eigenvalue weighted by atomic mass is 15.1. The van der Waals surface area contributed by atoms with E-state index in [4.69, 9.17) is 0 Å². The first-order chi connectivity index (χ1) is 8.95. The van der Waals surface area contributed by atoms with E-state index in [0.29, 0.717) is 12.0 Å². The van der Waals surface area contributed by atoms with Crippen LogP contribution in [-0.4, -0.2) is 22.6 Å². The monoisotopic (exact) mass is 247 g/mol. The highest BCUT2D eigenvalue weighted by Gasteiger charge is 2.22. The van der Waals surface area contributed by atoms with Crippen LogP contribution >= 0.6 is 0 Å². The maximum absolute atomic E-state index is 4.44. The molecule has 0 spiro atoms. The van der Waals surface area contributed by atoms with Crippen molar-refractivity contribution < 1.29 is 0 Å². The summed E-state index contributed by atoms with van der Waals surface area (Å²) in [7, 11) is 0. The van der Waals surface area contributed by atoms with Crippen molar-refractivity contribution >= 4 is 0 Å². The Morgan fingerprint density at radius 1 is 1.06 bits per heavy atom. The largest absolute Gasteiger partial charge is 0.331 e. The fraction of sp³-hybridized carbons (Fsp3) is 0.800. The Labute approximate surface area is 110 Å². The summed E-state index contributed by atoms with van der Waals surface area (Å²) in [5.41, 5.74) is 1.48. The molecule has 3 nitrogen and oxygen atoms in total. The van der Waals surface area contributed by atoms with Crippen LogP contribution in [0.2, 0.25) is 0 Å². The zero-order chi connectivity index (χ0) is 12.2. The van der Waals surface area contributed by atoms with Gasteiger partial charge < -0.3 is 9.88 Å². The molecule has 0 amide bonds. The van der Waals surface area contributed by atoms with E-state index in [1.165, 1.54) is 63.6 Å². The summed E-state index contributed by atoms with van der Waals surface area (Å²) in [6, 6.07) is 0.715. The number of nitrogens with one attached hydrogen (secondary N) is 1. The van der Waals surface area contributed by atoms with Crippen LogP contribution in [0, 0.1) is 0 Å². The summed E-state index contributed by atoms with van der Waals surface area (Å²) >= 11 is 0. The molecule has 2 heterocycles. The highest BCUT2D eigenvalue weighted by molar-refractivity contribution is 5.09. The van der Waals surface area contributed by atoms with E-state index in [0.717, 1.165) is 6.54 Å². The minimum atomic E-state index is 0.685. The lowest BCUT2D eigenvalue weighted by Crippen LogP contribution is -2.30. The van der Waals surface area contributed by atoms with Crippen molar-refractivity contribution in [1.82, 2.24) is 14.9 Å². The van der Waals surface area contributed by atoms with Crippen molar-refractivity contribution in [3.05, 3.63) is 18.2 Å². The van der Waals surface area contributed by atoms with E-state index in [9.17, 15) is 0 Å². The summed E-state index contributed by atoms with van der Waals surface area (Å²) in [5, 5.41) is 3.52. The zero-order valence-corrected chi connectivity index (χ0v) is 11.3. The van der Waals surface area contributed by atoms with Crippen molar-refractivity contribution in [3.63, 3.8) is 0 Å². The Bertz CT molecular complexity index is 358. The molecule has 2 aliphatic rings. The Balaban J connectivity index is 1.76. The number of nitrogens with zero attached hydrogens (tertiary/aromatic N) is 2. The normalized spacial score (nSPS) is 27.0. The Hall–Kier alpha value is -0.830. The number of hydrogen-bond donors (Lipinski definition) is 1. The Morgan fingerprint density at radius 3 is 2.61 bits per heavy atom. The Kier molecular flexibility index (Phi) is 3.99. The first kappa shape index (κ1) is 12.2. The molecule has 1 aliphatic carbocycles. The molecule has 100 valence electrons. The topological polar surface area (TPSA) is 29.9 Å². The molecular formula is C15H25N3. The first-order valence-electron chi connectivity index (χ1n) is 7.67. The minimum absolute atomic E-state index is 0.685. The smallest absolute Gasteiger partial charge is 0.0950 e. The number of piperidine rings is 1. The third-order valence-electron chi connectivity index (χ3n) is 4.63. The van der Waals surface area contributed by atoms with Gasteiger partial charge in [-0.2, -0.15) is 0 Å². The fourth-order valence-electron chi connectivity index (χ4n) is 3.58. The lowest BCUT2D eigenvalue weighted by molar-refractivity contribution is 0.392. The molecule has 1 aromatic heterocycles. The highest BCUT2D eigenvalue weighted by Crippen LogP contribution is 2.31. The minimum Gasteiger partial charge on any atom is -0.331 e. The SMILES string of the molecule is c1ncn(C2CCCCCC2)c1C1CCCNC1. The van der Waals surface area contributed by atoms with Crippen molar-refractivity contribution in [3.8, 4) is 0 Å². The molecule has 1 N–H and O–H groups in total.